The summed E-state index contributed by atoms with van der Waals surface area (Å²) >= 11 is 1.40. The number of nitrogens with one attached hydrogen (secondary N) is 1. The number of hydrogen-bond donors (Lipinski definition) is 1. The number of thioether (sulfide) groups is 1. The first kappa shape index (κ1) is 20.6. The molecule has 1 aromatic heterocycles. The van der Waals surface area contributed by atoms with E-state index in [2.05, 4.69) is 58.8 Å². The molecule has 0 radical (unpaired) electrons. The van der Waals surface area contributed by atoms with Crippen molar-refractivity contribution in [1.29, 1.82) is 0 Å². The van der Waals surface area contributed by atoms with Gasteiger partial charge in [0.1, 0.15) is 5.82 Å². The summed E-state index contributed by atoms with van der Waals surface area (Å²) in [5, 5.41) is 12.5. The minimum atomic E-state index is -0.0152. The van der Waals surface area contributed by atoms with Crippen LogP contribution in [0.4, 0.5) is 0 Å². The van der Waals surface area contributed by atoms with Crippen LogP contribution in [0.25, 0.3) is 5.69 Å². The molecular formula is C23H26N4O2S. The number of carbonyl (C=O) groups excluding carboxylic acids is 1. The lowest BCUT2D eigenvalue weighted by atomic mass is 10.1. The first-order chi connectivity index (χ1) is 14.7. The summed E-state index contributed by atoms with van der Waals surface area (Å²) in [6.07, 6.45) is 2.90. The van der Waals surface area contributed by atoms with Crippen LogP contribution in [0, 0.1) is 6.92 Å². The molecule has 1 amide bonds. The Bertz CT molecular complexity index is 967. The maximum absolute atomic E-state index is 12.3. The molecule has 1 fully saturated rings. The Morgan fingerprint density at radius 1 is 1.17 bits per heavy atom. The molecule has 0 aliphatic carbocycles. The van der Waals surface area contributed by atoms with Crippen LogP contribution in [0.1, 0.15) is 29.8 Å². The summed E-state index contributed by atoms with van der Waals surface area (Å²) < 4.78 is 7.61. The molecule has 0 unspecified atom stereocenters. The van der Waals surface area contributed by atoms with Gasteiger partial charge < -0.3 is 10.1 Å². The molecule has 6 nitrogen and oxygen atoms in total. The maximum atomic E-state index is 12.3. The van der Waals surface area contributed by atoms with Crippen LogP contribution in [0.2, 0.25) is 0 Å². The molecular weight excluding hydrogens is 396 g/mol. The molecule has 0 saturated carbocycles. The van der Waals surface area contributed by atoms with Gasteiger partial charge in [-0.2, -0.15) is 0 Å². The van der Waals surface area contributed by atoms with Crippen molar-refractivity contribution in [3.05, 3.63) is 71.5 Å². The monoisotopic (exact) mass is 422 g/mol. The highest BCUT2D eigenvalue weighted by atomic mass is 32.2. The van der Waals surface area contributed by atoms with E-state index in [0.717, 1.165) is 36.1 Å². The van der Waals surface area contributed by atoms with Gasteiger partial charge in [-0.1, -0.05) is 59.8 Å². The van der Waals surface area contributed by atoms with E-state index in [0.29, 0.717) is 18.7 Å². The lowest BCUT2D eigenvalue weighted by molar-refractivity contribution is -0.119. The van der Waals surface area contributed by atoms with Crippen LogP contribution < -0.4 is 5.32 Å². The van der Waals surface area contributed by atoms with Crippen LogP contribution >= 0.6 is 11.8 Å². The van der Waals surface area contributed by atoms with E-state index >= 15 is 0 Å². The van der Waals surface area contributed by atoms with Gasteiger partial charge in [0.05, 0.1) is 11.9 Å². The third-order valence-corrected chi connectivity index (χ3v) is 6.01. The van der Waals surface area contributed by atoms with Crippen molar-refractivity contribution in [3.63, 3.8) is 0 Å². The number of carbonyl (C=O) groups is 1. The second-order valence-electron chi connectivity index (χ2n) is 7.46. The van der Waals surface area contributed by atoms with Crippen molar-refractivity contribution in [1.82, 2.24) is 20.1 Å². The lowest BCUT2D eigenvalue weighted by Crippen LogP contribution is -2.32. The highest BCUT2D eigenvalue weighted by Gasteiger charge is 2.18. The Hall–Kier alpha value is -2.64. The average Bonchev–Trinajstić information content (AvgIpc) is 3.42. The van der Waals surface area contributed by atoms with E-state index in [4.69, 9.17) is 4.74 Å². The largest absolute Gasteiger partial charge is 0.376 e. The number of benzene rings is 2. The molecule has 3 aromatic rings. The van der Waals surface area contributed by atoms with Crippen LogP contribution in [-0.2, 0) is 16.0 Å². The highest BCUT2D eigenvalue weighted by molar-refractivity contribution is 7.99. The molecule has 0 spiro atoms. The predicted octanol–water partition coefficient (Wildman–Crippen LogP) is 3.55. The Morgan fingerprint density at radius 2 is 1.97 bits per heavy atom. The quantitative estimate of drug-likeness (QED) is 0.562. The van der Waals surface area contributed by atoms with Crippen molar-refractivity contribution >= 4 is 17.7 Å². The fraction of sp³-hybridized carbons (Fsp3) is 0.348. The maximum Gasteiger partial charge on any atom is 0.230 e. The summed E-state index contributed by atoms with van der Waals surface area (Å²) in [5.74, 6) is 1.13. The first-order valence-corrected chi connectivity index (χ1v) is 11.2. The highest BCUT2D eigenvalue weighted by Crippen LogP contribution is 2.24. The lowest BCUT2D eigenvalue weighted by Gasteiger charge is -2.12. The molecule has 156 valence electrons. The SMILES string of the molecule is Cc1ccc(-n2c(Cc3ccccc3)nnc2SCC(=O)NC[C@H]2CCCO2)cc1. The fourth-order valence-corrected chi connectivity index (χ4v) is 4.25. The number of hydrogen-bond acceptors (Lipinski definition) is 5. The van der Waals surface area contributed by atoms with E-state index < -0.39 is 0 Å². The van der Waals surface area contributed by atoms with Crippen molar-refractivity contribution < 1.29 is 9.53 Å². The number of rotatable bonds is 8. The van der Waals surface area contributed by atoms with Crippen LogP contribution in [0.5, 0.6) is 0 Å². The minimum absolute atomic E-state index is 0.0152. The second-order valence-corrected chi connectivity index (χ2v) is 8.40. The molecule has 1 aliphatic heterocycles. The number of aromatic nitrogens is 3. The van der Waals surface area contributed by atoms with Crippen LogP contribution in [0.15, 0.2) is 59.8 Å². The van der Waals surface area contributed by atoms with E-state index in [1.165, 1.54) is 22.9 Å². The minimum Gasteiger partial charge on any atom is -0.376 e. The predicted molar refractivity (Wildman–Crippen MR) is 118 cm³/mol. The van der Waals surface area contributed by atoms with Crippen molar-refractivity contribution in [2.75, 3.05) is 18.9 Å². The molecule has 1 N–H and O–H groups in total. The molecule has 30 heavy (non-hydrogen) atoms. The zero-order chi connectivity index (χ0) is 20.8. The standard InChI is InChI=1S/C23H26N4O2S/c1-17-9-11-19(12-10-17)27-21(14-18-6-3-2-4-7-18)25-26-23(27)30-16-22(28)24-15-20-8-5-13-29-20/h2-4,6-7,9-12,20H,5,8,13-16H2,1H3,(H,24,28)/t20-/m1/s1. The van der Waals surface area contributed by atoms with Crippen molar-refractivity contribution in [3.8, 4) is 5.69 Å². The Kier molecular flexibility index (Phi) is 6.81. The zero-order valence-electron chi connectivity index (χ0n) is 17.1. The Labute approximate surface area is 181 Å². The topological polar surface area (TPSA) is 69.0 Å². The summed E-state index contributed by atoms with van der Waals surface area (Å²) in [7, 11) is 0. The van der Waals surface area contributed by atoms with Gasteiger partial charge in [0.25, 0.3) is 0 Å². The van der Waals surface area contributed by atoms with Gasteiger partial charge in [0.2, 0.25) is 5.91 Å². The molecule has 2 heterocycles. The third-order valence-electron chi connectivity index (χ3n) is 5.08. The molecule has 4 rings (SSSR count). The smallest absolute Gasteiger partial charge is 0.230 e. The summed E-state index contributed by atoms with van der Waals surface area (Å²) in [6.45, 7) is 3.43. The fourth-order valence-electron chi connectivity index (χ4n) is 3.45. The molecule has 2 aromatic carbocycles. The number of nitrogens with zero attached hydrogens (tertiary/aromatic N) is 3. The van der Waals surface area contributed by atoms with E-state index in [-0.39, 0.29) is 12.0 Å². The van der Waals surface area contributed by atoms with Crippen molar-refractivity contribution in [2.24, 2.45) is 0 Å². The first-order valence-electron chi connectivity index (χ1n) is 10.3. The molecule has 0 bridgehead atoms. The van der Waals surface area contributed by atoms with Crippen LogP contribution in [0.3, 0.4) is 0 Å². The van der Waals surface area contributed by atoms with Gasteiger partial charge in [0.15, 0.2) is 5.16 Å². The second kappa shape index (κ2) is 9.91. The van der Waals surface area contributed by atoms with Gasteiger partial charge >= 0.3 is 0 Å². The summed E-state index contributed by atoms with van der Waals surface area (Å²) in [4.78, 5) is 12.3. The molecule has 1 atom stereocenters. The Balaban J connectivity index is 1.48. The van der Waals surface area contributed by atoms with Crippen LogP contribution in [-0.4, -0.2) is 45.7 Å². The third kappa shape index (κ3) is 5.29. The Morgan fingerprint density at radius 3 is 2.70 bits per heavy atom. The van der Waals surface area contributed by atoms with Gasteiger partial charge in [-0.15, -0.1) is 10.2 Å². The molecule has 1 saturated heterocycles. The summed E-state index contributed by atoms with van der Waals surface area (Å²) in [5.41, 5.74) is 3.36. The molecule has 1 aliphatic rings. The average molecular weight is 423 g/mol. The summed E-state index contributed by atoms with van der Waals surface area (Å²) in [6, 6.07) is 18.5. The van der Waals surface area contributed by atoms with Gasteiger partial charge in [-0.3, -0.25) is 9.36 Å². The number of aryl methyl sites for hydroxylation is 1. The number of ether oxygens (including phenoxy) is 1. The zero-order valence-corrected chi connectivity index (χ0v) is 17.9. The van der Waals surface area contributed by atoms with E-state index in [1.54, 1.807) is 0 Å². The molecule has 7 heteroatoms. The normalized spacial score (nSPS) is 16.0. The van der Waals surface area contributed by atoms with E-state index in [9.17, 15) is 4.79 Å². The van der Waals surface area contributed by atoms with Gasteiger partial charge in [-0.25, -0.2) is 0 Å². The van der Waals surface area contributed by atoms with E-state index in [1.807, 2.05) is 22.8 Å². The van der Waals surface area contributed by atoms with Crippen molar-refractivity contribution in [2.45, 2.75) is 37.4 Å². The van der Waals surface area contributed by atoms with Gasteiger partial charge in [-0.05, 0) is 37.5 Å². The van der Waals surface area contributed by atoms with Gasteiger partial charge in [0, 0.05) is 25.3 Å². The number of amides is 1.